The maximum atomic E-state index is 12.0. The first-order chi connectivity index (χ1) is 53.1. The topological polar surface area (TPSA) is 230 Å². The standard InChI is InChI=1S/C87H76N14O9/c1-96(2)51-19-13-25-58(37-51)105-73-44-67-68(45-74(73)106-59-26-14-20-52(38-59)97(3)4)83-91-81(67)89-79-65-36-35-64(104-57-33-31-50(32-34-57)87(102)103)43-66(65)80(88-79)90-82-69-46-75(107-60-27-15-21-53(39-60)98(5)6)76(108-61-28-16-22-54(40-61)99(7)8)47-70(69)84(92-82)94-86-72-49-78(110-63-30-18-24-56(42-63)101(11)12)77(48-71(72)85(93-83)95-86)109-62-29-17-23-55(41-62)100(9)10/h13-49H,1-12H3,(H,102,103)(H2,88,89,90,91,92,93,94,95). The summed E-state index contributed by atoms with van der Waals surface area (Å²) in [5, 5.41) is 12.1. The predicted molar refractivity (Wildman–Crippen MR) is 435 cm³/mol. The van der Waals surface area contributed by atoms with E-state index >= 15 is 0 Å². The minimum atomic E-state index is -1.06. The van der Waals surface area contributed by atoms with Gasteiger partial charge in [0.15, 0.2) is 57.8 Å². The maximum absolute atomic E-state index is 12.0. The van der Waals surface area contributed by atoms with Gasteiger partial charge in [-0.25, -0.2) is 34.7 Å². The smallest absolute Gasteiger partial charge is 0.335 e. The van der Waals surface area contributed by atoms with Gasteiger partial charge in [0, 0.05) is 199 Å². The van der Waals surface area contributed by atoms with Gasteiger partial charge in [-0.15, -0.1) is 0 Å². The summed E-state index contributed by atoms with van der Waals surface area (Å²) in [6, 6.07) is 69.9. The van der Waals surface area contributed by atoms with E-state index < -0.39 is 5.97 Å². The van der Waals surface area contributed by atoms with Gasteiger partial charge in [-0.05, 0) is 152 Å². The van der Waals surface area contributed by atoms with Crippen molar-refractivity contribution in [2.45, 2.75) is 0 Å². The van der Waals surface area contributed by atoms with Crippen molar-refractivity contribution in [3.8, 4) is 126 Å². The van der Waals surface area contributed by atoms with Crippen molar-refractivity contribution < 1.29 is 43.1 Å². The van der Waals surface area contributed by atoms with Crippen LogP contribution in [0, 0.1) is 0 Å². The third-order valence-electron chi connectivity index (χ3n) is 18.7. The van der Waals surface area contributed by atoms with Crippen LogP contribution in [0.2, 0.25) is 0 Å². The number of rotatable bonds is 21. The average molecular weight is 1460 g/mol. The molecule has 14 aromatic rings. The van der Waals surface area contributed by atoms with E-state index in [1.807, 2.05) is 314 Å². The fourth-order valence-electron chi connectivity index (χ4n) is 12.8. The van der Waals surface area contributed by atoms with Gasteiger partial charge < -0.3 is 77.6 Å². The molecule has 23 heteroatoms. The molecule has 0 saturated heterocycles. The van der Waals surface area contributed by atoms with E-state index in [0.29, 0.717) is 147 Å². The number of carboxylic acid groups (broad SMARTS) is 1. The lowest BCUT2D eigenvalue weighted by molar-refractivity contribution is 0.0696. The highest BCUT2D eigenvalue weighted by Gasteiger charge is 2.29. The van der Waals surface area contributed by atoms with Gasteiger partial charge in [0.1, 0.15) is 68.6 Å². The SMILES string of the molecule is CN(C)c1cccc(Oc2cc3c(cc2Oc2cccc(N(C)C)c2)-c2nc-3nc3[nH]c(nc4nc(nc5[nH]c(n2)c2cc(Oc6cccc(N(C)C)c6)c(Oc6cccc(N(C)C)c6)cc52)-c2cc(Oc5cccc(N(C)C)c5)c(Oc5cccc(N(C)C)c5)cc2-4)c2cc(Oc4ccc(C(=O)O)cc4)ccc32)c1. The van der Waals surface area contributed by atoms with Crippen molar-refractivity contribution >= 4 is 84.2 Å². The van der Waals surface area contributed by atoms with Crippen LogP contribution in [0.15, 0.2) is 224 Å². The van der Waals surface area contributed by atoms with Crippen LogP contribution in [-0.2, 0) is 0 Å². The Morgan fingerprint density at radius 3 is 0.782 bits per heavy atom. The highest BCUT2D eigenvalue weighted by molar-refractivity contribution is 6.08. The van der Waals surface area contributed by atoms with E-state index in [1.165, 1.54) is 12.1 Å². The fraction of sp³-hybridized carbons (Fsp3) is 0.138. The molecule has 11 aromatic carbocycles. The molecule has 0 unspecified atom stereocenters. The van der Waals surface area contributed by atoms with Crippen LogP contribution in [0.4, 0.5) is 34.1 Å². The summed E-state index contributed by atoms with van der Waals surface area (Å²) in [7, 11) is 23.7. The average Bonchev–Trinajstić information content (AvgIpc) is 1.58. The van der Waals surface area contributed by atoms with Crippen LogP contribution >= 0.6 is 0 Å². The maximum Gasteiger partial charge on any atom is 0.335 e. The molecule has 0 atom stereocenters. The number of hydrogen-bond donors (Lipinski definition) is 3. The summed E-state index contributed by atoms with van der Waals surface area (Å²) in [5.74, 6) is 6.21. The highest BCUT2D eigenvalue weighted by atomic mass is 16.5. The Labute approximate surface area is 634 Å². The first-order valence-corrected chi connectivity index (χ1v) is 35.4. The number of H-pyrrole nitrogens is 2. The second kappa shape index (κ2) is 28.8. The first kappa shape index (κ1) is 70.0. The molecule has 548 valence electrons. The van der Waals surface area contributed by atoms with E-state index in [9.17, 15) is 9.90 Å². The zero-order chi connectivity index (χ0) is 76.2. The Morgan fingerprint density at radius 1 is 0.264 bits per heavy atom. The van der Waals surface area contributed by atoms with E-state index in [0.717, 1.165) is 34.1 Å². The lowest BCUT2D eigenvalue weighted by Crippen LogP contribution is -2.08. The molecule has 3 N–H and O–H groups in total. The van der Waals surface area contributed by atoms with Crippen molar-refractivity contribution in [1.29, 1.82) is 0 Å². The second-order valence-corrected chi connectivity index (χ2v) is 27.7. The van der Waals surface area contributed by atoms with Gasteiger partial charge >= 0.3 is 5.97 Å². The molecule has 0 aliphatic carbocycles. The number of aromatic nitrogens is 8. The molecule has 3 aromatic heterocycles. The Bertz CT molecular complexity index is 6140. The van der Waals surface area contributed by atoms with E-state index in [-0.39, 0.29) is 28.9 Å². The molecule has 5 heterocycles. The van der Waals surface area contributed by atoms with Crippen molar-refractivity contribution in [2.24, 2.45) is 0 Å². The van der Waals surface area contributed by atoms with E-state index in [1.54, 1.807) is 12.1 Å². The molecule has 23 nitrogen and oxygen atoms in total. The normalized spacial score (nSPS) is 11.3. The molecule has 0 radical (unpaired) electrons. The monoisotopic (exact) mass is 1460 g/mol. The zero-order valence-corrected chi connectivity index (χ0v) is 62.4. The van der Waals surface area contributed by atoms with Crippen LogP contribution in [0.3, 0.4) is 0 Å². The summed E-state index contributed by atoms with van der Waals surface area (Å²) in [5.41, 5.74) is 9.18. The number of carbonyl (C=O) groups is 1. The van der Waals surface area contributed by atoms with E-state index in [4.69, 9.17) is 63.1 Å². The second-order valence-electron chi connectivity index (χ2n) is 27.7. The zero-order valence-electron chi connectivity index (χ0n) is 62.4. The summed E-state index contributed by atoms with van der Waals surface area (Å²) >= 11 is 0. The van der Waals surface area contributed by atoms with E-state index in [2.05, 4.69) is 9.97 Å². The minimum absolute atomic E-state index is 0.113. The highest BCUT2D eigenvalue weighted by Crippen LogP contribution is 2.50. The number of aromatic carboxylic acids is 1. The number of benzene rings is 11. The van der Waals surface area contributed by atoms with Crippen LogP contribution in [0.1, 0.15) is 10.4 Å². The first-order valence-electron chi connectivity index (χ1n) is 35.4. The molecule has 2 aliphatic rings. The molecule has 0 spiro atoms. The summed E-state index contributed by atoms with van der Waals surface area (Å²) in [6.45, 7) is 0. The number of carboxylic acids is 1. The van der Waals surface area contributed by atoms with Crippen molar-refractivity contribution in [2.75, 3.05) is 114 Å². The Balaban J connectivity index is 1.01. The predicted octanol–water partition coefficient (Wildman–Crippen LogP) is 19.5. The van der Waals surface area contributed by atoms with Gasteiger partial charge in [0.05, 0.1) is 5.56 Å². The molecule has 2 aliphatic heterocycles. The van der Waals surface area contributed by atoms with Gasteiger partial charge in [0.25, 0.3) is 0 Å². The van der Waals surface area contributed by atoms with Crippen LogP contribution in [0.5, 0.6) is 80.5 Å². The summed E-state index contributed by atoms with van der Waals surface area (Å²) in [4.78, 5) is 64.3. The largest absolute Gasteiger partial charge is 0.478 e. The number of aromatic amines is 2. The van der Waals surface area contributed by atoms with Gasteiger partial charge in [-0.3, -0.25) is 0 Å². The third-order valence-corrected chi connectivity index (χ3v) is 18.7. The molecule has 16 rings (SSSR count). The molecule has 0 saturated carbocycles. The lowest BCUT2D eigenvalue weighted by Gasteiger charge is -2.18. The van der Waals surface area contributed by atoms with Crippen molar-refractivity contribution in [3.05, 3.63) is 230 Å². The number of nitrogens with one attached hydrogen (secondary N) is 2. The molecular weight excluding hydrogens is 1390 g/mol. The van der Waals surface area contributed by atoms with Crippen molar-refractivity contribution in [1.82, 2.24) is 39.9 Å². The molecule has 0 amide bonds. The lowest BCUT2D eigenvalue weighted by atomic mass is 10.1. The fourth-order valence-corrected chi connectivity index (χ4v) is 12.8. The molecule has 110 heavy (non-hydrogen) atoms. The quantitative estimate of drug-likeness (QED) is 0.0607. The van der Waals surface area contributed by atoms with Crippen molar-refractivity contribution in [3.63, 3.8) is 0 Å². The Hall–Kier alpha value is -14.4. The van der Waals surface area contributed by atoms with Gasteiger partial charge in [-0.2, -0.15) is 0 Å². The molecular formula is C87H76N14O9. The Morgan fingerprint density at radius 2 is 0.509 bits per heavy atom. The molecule has 0 fully saturated rings. The number of hydrogen-bond acceptors (Lipinski definition) is 20. The van der Waals surface area contributed by atoms with Gasteiger partial charge in [0.2, 0.25) is 0 Å². The molecule has 8 bridgehead atoms. The number of anilines is 6. The van der Waals surface area contributed by atoms with Gasteiger partial charge in [-0.1, -0.05) is 36.4 Å². The number of nitrogens with zero attached hydrogens (tertiary/aromatic N) is 12. The third kappa shape index (κ3) is 14.4. The van der Waals surface area contributed by atoms with Crippen LogP contribution in [0.25, 0.3) is 89.7 Å². The van der Waals surface area contributed by atoms with Crippen LogP contribution < -0.4 is 62.6 Å². The summed E-state index contributed by atoms with van der Waals surface area (Å²) < 4.78 is 48.4. The minimum Gasteiger partial charge on any atom is -0.478 e. The van der Waals surface area contributed by atoms with Crippen LogP contribution in [-0.4, -0.2) is 136 Å². The Kier molecular flexibility index (Phi) is 18.4. The summed E-state index contributed by atoms with van der Waals surface area (Å²) in [6.07, 6.45) is 0. The number of fused-ring (bicyclic) bond motifs is 20. The number of ether oxygens (including phenoxy) is 7.